The Morgan fingerprint density at radius 2 is 2.00 bits per heavy atom. The fourth-order valence-corrected chi connectivity index (χ4v) is 1.91. The number of carboxylic acid groups (broad SMARTS) is 1. The quantitative estimate of drug-likeness (QED) is 0.855. The average Bonchev–Trinajstić information content (AvgIpc) is 2.14. The number of methoxy groups -OCH3 is 1. The van der Waals surface area contributed by atoms with Crippen molar-refractivity contribution >= 4 is 5.97 Å². The van der Waals surface area contributed by atoms with E-state index in [4.69, 9.17) is 9.84 Å². The summed E-state index contributed by atoms with van der Waals surface area (Å²) in [4.78, 5) is 10.8. The zero-order valence-corrected chi connectivity index (χ0v) is 10.2. The highest BCUT2D eigenvalue weighted by molar-refractivity contribution is 5.71. The van der Waals surface area contributed by atoms with Crippen molar-refractivity contribution in [3.05, 3.63) is 29.3 Å². The van der Waals surface area contributed by atoms with Gasteiger partial charge in [0, 0.05) is 5.56 Å². The Kier molecular flexibility index (Phi) is 3.58. The van der Waals surface area contributed by atoms with E-state index in [1.54, 1.807) is 7.11 Å². The van der Waals surface area contributed by atoms with Crippen LogP contribution in [0.5, 0.6) is 5.75 Å². The van der Waals surface area contributed by atoms with Crippen LogP contribution in [-0.4, -0.2) is 18.2 Å². The number of ether oxygens (including phenoxy) is 1. The highest BCUT2D eigenvalue weighted by Gasteiger charge is 2.23. The van der Waals surface area contributed by atoms with Gasteiger partial charge < -0.3 is 9.84 Å². The molecule has 0 fully saturated rings. The number of hydrogen-bond acceptors (Lipinski definition) is 2. The molecule has 1 aromatic carbocycles. The predicted octanol–water partition coefficient (Wildman–Crippen LogP) is 2.62. The van der Waals surface area contributed by atoms with E-state index in [1.807, 2.05) is 18.2 Å². The van der Waals surface area contributed by atoms with E-state index in [2.05, 4.69) is 20.8 Å². The Balaban J connectivity index is 3.32. The minimum atomic E-state index is -0.821. The van der Waals surface area contributed by atoms with Gasteiger partial charge in [0.1, 0.15) is 5.75 Å². The summed E-state index contributed by atoms with van der Waals surface area (Å²) in [5, 5.41) is 8.88. The molecule has 0 atom stereocenters. The minimum Gasteiger partial charge on any atom is -0.496 e. The Morgan fingerprint density at radius 1 is 1.38 bits per heavy atom. The topological polar surface area (TPSA) is 46.5 Å². The van der Waals surface area contributed by atoms with E-state index < -0.39 is 5.97 Å². The first-order valence-electron chi connectivity index (χ1n) is 5.24. The lowest BCUT2D eigenvalue weighted by atomic mass is 9.82. The molecule has 0 aliphatic carbocycles. The van der Waals surface area contributed by atoms with Gasteiger partial charge >= 0.3 is 5.97 Å². The monoisotopic (exact) mass is 222 g/mol. The lowest BCUT2D eigenvalue weighted by Crippen LogP contribution is -2.17. The first-order chi connectivity index (χ1) is 7.36. The van der Waals surface area contributed by atoms with Crippen LogP contribution < -0.4 is 4.74 Å². The van der Waals surface area contributed by atoms with Crippen molar-refractivity contribution in [1.82, 2.24) is 0 Å². The molecule has 0 aliphatic heterocycles. The van der Waals surface area contributed by atoms with Gasteiger partial charge in [-0.3, -0.25) is 4.79 Å². The van der Waals surface area contributed by atoms with Crippen molar-refractivity contribution in [2.24, 2.45) is 0 Å². The molecule has 0 aliphatic rings. The van der Waals surface area contributed by atoms with Crippen LogP contribution in [-0.2, 0) is 16.6 Å². The van der Waals surface area contributed by atoms with Crippen LogP contribution in [0, 0.1) is 0 Å². The second kappa shape index (κ2) is 4.56. The van der Waals surface area contributed by atoms with E-state index in [-0.39, 0.29) is 11.8 Å². The second-order valence-corrected chi connectivity index (χ2v) is 4.81. The lowest BCUT2D eigenvalue weighted by Gasteiger charge is -2.25. The van der Waals surface area contributed by atoms with Gasteiger partial charge in [0.05, 0.1) is 13.5 Å². The third-order valence-electron chi connectivity index (χ3n) is 2.42. The third kappa shape index (κ3) is 2.75. The maximum Gasteiger partial charge on any atom is 0.307 e. The lowest BCUT2D eigenvalue weighted by molar-refractivity contribution is -0.136. The Morgan fingerprint density at radius 3 is 2.44 bits per heavy atom. The zero-order valence-electron chi connectivity index (χ0n) is 10.2. The van der Waals surface area contributed by atoms with Crippen LogP contribution in [0.3, 0.4) is 0 Å². The molecule has 0 heterocycles. The first-order valence-corrected chi connectivity index (χ1v) is 5.24. The maximum atomic E-state index is 10.8. The first kappa shape index (κ1) is 12.6. The summed E-state index contributed by atoms with van der Waals surface area (Å²) in [6, 6.07) is 5.54. The van der Waals surface area contributed by atoms with E-state index in [9.17, 15) is 4.79 Å². The summed E-state index contributed by atoms with van der Waals surface area (Å²) in [6.45, 7) is 6.16. The van der Waals surface area contributed by atoms with Gasteiger partial charge in [-0.15, -0.1) is 0 Å². The summed E-state index contributed by atoms with van der Waals surface area (Å²) in [5.74, 6) is -0.0648. The summed E-state index contributed by atoms with van der Waals surface area (Å²) in [5.41, 5.74) is 1.66. The number of aliphatic carboxylic acids is 1. The minimum absolute atomic E-state index is 0.0316. The molecule has 0 aromatic heterocycles. The molecule has 1 N–H and O–H groups in total. The van der Waals surface area contributed by atoms with Gasteiger partial charge in [-0.1, -0.05) is 32.9 Å². The van der Waals surface area contributed by atoms with Crippen LogP contribution in [0.2, 0.25) is 0 Å². The molecular formula is C13H18O3. The third-order valence-corrected chi connectivity index (χ3v) is 2.42. The van der Waals surface area contributed by atoms with Crippen LogP contribution >= 0.6 is 0 Å². The molecular weight excluding hydrogens is 204 g/mol. The van der Waals surface area contributed by atoms with E-state index in [0.717, 1.165) is 16.9 Å². The fraction of sp³-hybridized carbons (Fsp3) is 0.462. The highest BCUT2D eigenvalue weighted by Crippen LogP contribution is 2.34. The van der Waals surface area contributed by atoms with E-state index >= 15 is 0 Å². The molecule has 3 nitrogen and oxygen atoms in total. The summed E-state index contributed by atoms with van der Waals surface area (Å²) in [7, 11) is 1.61. The molecule has 3 heteroatoms. The van der Waals surface area contributed by atoms with Crippen molar-refractivity contribution in [1.29, 1.82) is 0 Å². The van der Waals surface area contributed by atoms with E-state index in [0.29, 0.717) is 0 Å². The molecule has 0 saturated heterocycles. The molecule has 0 radical (unpaired) electrons. The molecule has 1 rings (SSSR count). The van der Waals surface area contributed by atoms with Gasteiger partial charge in [-0.05, 0) is 17.0 Å². The van der Waals surface area contributed by atoms with E-state index in [1.165, 1.54) is 0 Å². The smallest absolute Gasteiger partial charge is 0.307 e. The van der Waals surface area contributed by atoms with Crippen molar-refractivity contribution in [2.75, 3.05) is 7.11 Å². The Labute approximate surface area is 96.1 Å². The summed E-state index contributed by atoms with van der Waals surface area (Å²) in [6.07, 6.45) is 0.0316. The number of carboxylic acids is 1. The molecule has 0 unspecified atom stereocenters. The number of benzene rings is 1. The SMILES string of the molecule is COc1cccc(CC(=O)O)c1C(C)(C)C. The van der Waals surface area contributed by atoms with Gasteiger partial charge in [0.25, 0.3) is 0 Å². The van der Waals surface area contributed by atoms with Crippen molar-refractivity contribution < 1.29 is 14.6 Å². The van der Waals surface area contributed by atoms with Crippen molar-refractivity contribution in [3.63, 3.8) is 0 Å². The van der Waals surface area contributed by atoms with Gasteiger partial charge in [0.2, 0.25) is 0 Å². The fourth-order valence-electron chi connectivity index (χ4n) is 1.91. The predicted molar refractivity (Wildman–Crippen MR) is 63.0 cm³/mol. The van der Waals surface area contributed by atoms with Gasteiger partial charge in [-0.25, -0.2) is 0 Å². The summed E-state index contributed by atoms with van der Waals surface area (Å²) < 4.78 is 5.30. The molecule has 0 amide bonds. The second-order valence-electron chi connectivity index (χ2n) is 4.81. The molecule has 88 valence electrons. The van der Waals surface area contributed by atoms with Gasteiger partial charge in [-0.2, -0.15) is 0 Å². The molecule has 0 bridgehead atoms. The Hall–Kier alpha value is -1.51. The number of rotatable bonds is 3. The number of hydrogen-bond donors (Lipinski definition) is 1. The van der Waals surface area contributed by atoms with Crippen molar-refractivity contribution in [3.8, 4) is 5.75 Å². The molecule has 0 spiro atoms. The zero-order chi connectivity index (χ0) is 12.3. The standard InChI is InChI=1S/C13H18O3/c1-13(2,3)12-9(8-11(14)15)6-5-7-10(12)16-4/h5-7H,8H2,1-4H3,(H,14,15). The average molecular weight is 222 g/mol. The molecule has 1 aromatic rings. The van der Waals surface area contributed by atoms with Crippen LogP contribution in [0.1, 0.15) is 31.9 Å². The van der Waals surface area contributed by atoms with Crippen LogP contribution in [0.15, 0.2) is 18.2 Å². The Bertz CT molecular complexity index is 389. The van der Waals surface area contributed by atoms with Crippen molar-refractivity contribution in [2.45, 2.75) is 32.6 Å². The number of carbonyl (C=O) groups is 1. The molecule has 0 saturated carbocycles. The van der Waals surface area contributed by atoms with Crippen LogP contribution in [0.25, 0.3) is 0 Å². The maximum absolute atomic E-state index is 10.8. The summed E-state index contributed by atoms with van der Waals surface area (Å²) >= 11 is 0. The normalized spacial score (nSPS) is 11.2. The highest BCUT2D eigenvalue weighted by atomic mass is 16.5. The van der Waals surface area contributed by atoms with Crippen LogP contribution in [0.4, 0.5) is 0 Å². The largest absolute Gasteiger partial charge is 0.496 e. The molecule has 16 heavy (non-hydrogen) atoms. The van der Waals surface area contributed by atoms with Gasteiger partial charge in [0.15, 0.2) is 0 Å².